The molecule has 2 nitrogen and oxygen atoms in total. The van der Waals surface area contributed by atoms with E-state index in [1.807, 2.05) is 0 Å². The summed E-state index contributed by atoms with van der Waals surface area (Å²) in [5, 5.41) is 0.270. The van der Waals surface area contributed by atoms with Crippen LogP contribution < -0.4 is 62.5 Å². The van der Waals surface area contributed by atoms with Crippen molar-refractivity contribution < 1.29 is 68.7 Å². The Hall–Kier alpha value is -0.0787. The van der Waals surface area contributed by atoms with Crippen LogP contribution in [0, 0.1) is 0 Å². The van der Waals surface area contributed by atoms with Crippen molar-refractivity contribution in [1.29, 1.82) is 0 Å². The van der Waals surface area contributed by atoms with Crippen molar-refractivity contribution in [1.82, 2.24) is 0 Å². The second-order valence-electron chi connectivity index (χ2n) is 3.13. The number of hydrogen-bond donors (Lipinski definition) is 0. The van der Waals surface area contributed by atoms with Crippen molar-refractivity contribution in [2.24, 2.45) is 0 Å². The van der Waals surface area contributed by atoms with Crippen LogP contribution in [0.3, 0.4) is 0 Å². The Morgan fingerprint density at radius 3 is 2.38 bits per heavy atom. The van der Waals surface area contributed by atoms with Crippen LogP contribution in [-0.2, 0) is 0 Å². The van der Waals surface area contributed by atoms with Crippen molar-refractivity contribution >= 4 is 23.4 Å². The van der Waals surface area contributed by atoms with Gasteiger partial charge in [-0.15, -0.1) is 5.46 Å². The average Bonchev–Trinajstić information content (AvgIpc) is 2.15. The smallest absolute Gasteiger partial charge is 0.445 e. The molecule has 0 N–H and O–H groups in total. The van der Waals surface area contributed by atoms with Gasteiger partial charge < -0.3 is 17.4 Å². The first-order valence-electron chi connectivity index (χ1n) is 4.20. The molecule has 2 rings (SSSR count). The molecule has 0 atom stereocenters. The summed E-state index contributed by atoms with van der Waals surface area (Å²) in [6.45, 7) is -5.01. The molecule has 0 bridgehead atoms. The average molecular weight is 252 g/mol. The van der Waals surface area contributed by atoms with Gasteiger partial charge in [-0.3, -0.25) is 0 Å². The van der Waals surface area contributed by atoms with E-state index in [1.165, 1.54) is 6.07 Å². The summed E-state index contributed by atoms with van der Waals surface area (Å²) in [5.74, 6) is 0. The molecule has 0 saturated heterocycles. The molecule has 16 heavy (non-hydrogen) atoms. The molecule has 0 unspecified atom stereocenters. The van der Waals surface area contributed by atoms with Crippen molar-refractivity contribution in [3.63, 3.8) is 0 Å². The molecule has 1 aromatic heterocycles. The fourth-order valence-electron chi connectivity index (χ4n) is 1.29. The maximum Gasteiger partial charge on any atom is 1.00 e. The molecule has 0 spiro atoms. The minimum atomic E-state index is -5.01. The molecule has 0 saturated carbocycles. The Labute approximate surface area is 131 Å². The molecule has 1 heterocycles. The van der Waals surface area contributed by atoms with E-state index in [0.717, 1.165) is 24.3 Å². The number of fused-ring (bicyclic) bond motifs is 1. The zero-order valence-electron chi connectivity index (χ0n) is 8.41. The summed E-state index contributed by atoms with van der Waals surface area (Å²) in [5.41, 5.74) is -1.12. The molecule has 0 amide bonds. The molecule has 1 aromatic carbocycles. The van der Waals surface area contributed by atoms with Crippen LogP contribution in [-0.4, -0.2) is 6.98 Å². The molecule has 0 aliphatic carbocycles. The fourth-order valence-corrected chi connectivity index (χ4v) is 1.29. The first kappa shape index (κ1) is 14.0. The van der Waals surface area contributed by atoms with E-state index >= 15 is 0 Å². The van der Waals surface area contributed by atoms with E-state index in [9.17, 15) is 17.7 Å². The molecular formula is C9H5BF3KO2. The zero-order valence-corrected chi connectivity index (χ0v) is 11.5. The standard InChI is InChI=1S/C9H5BF3O2.K/c11-10(12,13)7-2-3-8-6(5-7)1-4-9(14)15-8;/h1-5H;/q-1;+1. The van der Waals surface area contributed by atoms with Crippen molar-refractivity contribution in [3.05, 3.63) is 40.8 Å². The van der Waals surface area contributed by atoms with Gasteiger partial charge in [0.15, 0.2) is 0 Å². The molecule has 78 valence electrons. The third-order valence-corrected chi connectivity index (χ3v) is 2.02. The van der Waals surface area contributed by atoms with Crippen LogP contribution in [0.4, 0.5) is 12.9 Å². The van der Waals surface area contributed by atoms with Gasteiger partial charge in [-0.05, 0) is 12.1 Å². The Morgan fingerprint density at radius 1 is 1.06 bits per heavy atom. The van der Waals surface area contributed by atoms with E-state index in [1.54, 1.807) is 0 Å². The largest absolute Gasteiger partial charge is 1.00 e. The number of hydrogen-bond acceptors (Lipinski definition) is 2. The molecule has 0 aliphatic heterocycles. The summed E-state index contributed by atoms with van der Waals surface area (Å²) in [6.07, 6.45) is 0. The molecule has 0 aliphatic rings. The third kappa shape index (κ3) is 2.98. The van der Waals surface area contributed by atoms with Gasteiger partial charge in [0.1, 0.15) is 5.58 Å². The first-order chi connectivity index (χ1) is 6.97. The maximum absolute atomic E-state index is 12.4. The SMILES string of the molecule is O=c1ccc2cc([B-](F)(F)F)ccc2o1.[K+]. The monoisotopic (exact) mass is 252 g/mol. The quantitative estimate of drug-likeness (QED) is 0.474. The van der Waals surface area contributed by atoms with Gasteiger partial charge in [-0.25, -0.2) is 4.79 Å². The van der Waals surface area contributed by atoms with Gasteiger partial charge in [0.2, 0.25) is 0 Å². The Morgan fingerprint density at radius 2 is 1.75 bits per heavy atom. The van der Waals surface area contributed by atoms with E-state index in [-0.39, 0.29) is 62.4 Å². The van der Waals surface area contributed by atoms with Gasteiger partial charge in [-0.2, -0.15) is 0 Å². The molecule has 0 radical (unpaired) electrons. The van der Waals surface area contributed by atoms with Gasteiger partial charge >= 0.3 is 64.0 Å². The molecule has 2 aromatic rings. The fraction of sp³-hybridized carbons (Fsp3) is 0. The molecular weight excluding hydrogens is 247 g/mol. The van der Waals surface area contributed by atoms with Crippen LogP contribution in [0.5, 0.6) is 0 Å². The number of rotatable bonds is 1. The predicted molar refractivity (Wildman–Crippen MR) is 51.2 cm³/mol. The van der Waals surface area contributed by atoms with Crippen LogP contribution >= 0.6 is 0 Å². The Balaban J connectivity index is 0.00000128. The van der Waals surface area contributed by atoms with Crippen molar-refractivity contribution in [2.75, 3.05) is 0 Å². The Kier molecular flexibility index (Phi) is 4.42. The Bertz CT molecular complexity index is 564. The number of halogens is 3. The topological polar surface area (TPSA) is 30.2 Å². The minimum Gasteiger partial charge on any atom is -0.445 e. The van der Waals surface area contributed by atoms with E-state index in [4.69, 9.17) is 4.42 Å². The summed E-state index contributed by atoms with van der Waals surface area (Å²) in [6, 6.07) is 5.44. The molecule has 7 heteroatoms. The molecule has 0 fully saturated rings. The van der Waals surface area contributed by atoms with Gasteiger partial charge in [0.25, 0.3) is 0 Å². The summed E-state index contributed by atoms with van der Waals surface area (Å²) < 4.78 is 41.8. The van der Waals surface area contributed by atoms with Crippen molar-refractivity contribution in [2.45, 2.75) is 0 Å². The normalized spacial score (nSPS) is 11.2. The maximum atomic E-state index is 12.4. The third-order valence-electron chi connectivity index (χ3n) is 2.02. The summed E-state index contributed by atoms with van der Waals surface area (Å²) in [4.78, 5) is 10.8. The van der Waals surface area contributed by atoms with E-state index < -0.39 is 18.1 Å². The van der Waals surface area contributed by atoms with Crippen LogP contribution in [0.15, 0.2) is 39.5 Å². The van der Waals surface area contributed by atoms with Gasteiger partial charge in [0.05, 0.1) is 0 Å². The van der Waals surface area contributed by atoms with Gasteiger partial charge in [0, 0.05) is 11.5 Å². The second-order valence-corrected chi connectivity index (χ2v) is 3.13. The summed E-state index contributed by atoms with van der Waals surface area (Å²) in [7, 11) is 0. The first-order valence-corrected chi connectivity index (χ1v) is 4.20. The van der Waals surface area contributed by atoms with E-state index in [0.29, 0.717) is 0 Å². The van der Waals surface area contributed by atoms with Gasteiger partial charge in [-0.1, -0.05) is 12.1 Å². The van der Waals surface area contributed by atoms with E-state index in [2.05, 4.69) is 0 Å². The second kappa shape index (κ2) is 5.05. The minimum absolute atomic E-state index is 0. The van der Waals surface area contributed by atoms with Crippen LogP contribution in [0.1, 0.15) is 0 Å². The predicted octanol–water partition coefficient (Wildman–Crippen LogP) is -1.15. The van der Waals surface area contributed by atoms with Crippen LogP contribution in [0.25, 0.3) is 11.0 Å². The zero-order chi connectivity index (χ0) is 11.1. The van der Waals surface area contributed by atoms with Crippen molar-refractivity contribution in [3.8, 4) is 0 Å². The van der Waals surface area contributed by atoms with Crippen LogP contribution in [0.2, 0.25) is 0 Å². The summed E-state index contributed by atoms with van der Waals surface area (Å²) >= 11 is 0. The number of benzene rings is 1.